The minimum absolute atomic E-state index is 0.162. The number of rotatable bonds is 6. The zero-order valence-electron chi connectivity index (χ0n) is 10.8. The number of hydrogen-bond donors (Lipinski definition) is 1. The van der Waals surface area contributed by atoms with Crippen LogP contribution in [0.3, 0.4) is 0 Å². The van der Waals surface area contributed by atoms with Gasteiger partial charge >= 0.3 is 5.97 Å². The minimum Gasteiger partial charge on any atom is -0.481 e. The third-order valence-corrected chi connectivity index (χ3v) is 2.07. The topological polar surface area (TPSA) is 63.6 Å². The van der Waals surface area contributed by atoms with E-state index < -0.39 is 5.97 Å². The van der Waals surface area contributed by atoms with Crippen molar-refractivity contribution in [2.45, 2.75) is 53.4 Å². The van der Waals surface area contributed by atoms with Gasteiger partial charge in [0.05, 0.1) is 6.61 Å². The molecule has 1 N–H and O–H groups in total. The Morgan fingerprint density at radius 2 is 1.75 bits per heavy atom. The predicted octanol–water partition coefficient (Wildman–Crippen LogP) is 2.86. The molecule has 0 fully saturated rings. The predicted molar refractivity (Wildman–Crippen MR) is 63.2 cm³/mol. The van der Waals surface area contributed by atoms with E-state index in [1.54, 1.807) is 0 Å². The van der Waals surface area contributed by atoms with E-state index >= 15 is 0 Å². The molecule has 1 atom stereocenters. The molecular weight excluding hydrogens is 208 g/mol. The molecule has 4 heteroatoms. The molecule has 0 rings (SSSR count). The van der Waals surface area contributed by atoms with Crippen molar-refractivity contribution >= 4 is 11.9 Å². The van der Waals surface area contributed by atoms with Gasteiger partial charge < -0.3 is 9.84 Å². The summed E-state index contributed by atoms with van der Waals surface area (Å²) in [6, 6.07) is 0. The average molecular weight is 232 g/mol. The van der Waals surface area contributed by atoms with E-state index in [1.807, 2.05) is 0 Å². The van der Waals surface area contributed by atoms with Crippen LogP contribution >= 0.6 is 0 Å². The van der Waals surface area contributed by atoms with Crippen molar-refractivity contribution in [3.63, 3.8) is 0 Å². The van der Waals surface area contributed by atoms with Crippen molar-refractivity contribution in [3.8, 4) is 0 Å². The minimum atomic E-state index is -0.833. The van der Waals surface area contributed by atoms with Gasteiger partial charge in [-0.2, -0.15) is 0 Å². The van der Waals surface area contributed by atoms with Gasteiger partial charge in [-0.3, -0.25) is 9.59 Å². The fourth-order valence-corrected chi connectivity index (χ4v) is 1.13. The third-order valence-electron chi connectivity index (χ3n) is 2.07. The summed E-state index contributed by atoms with van der Waals surface area (Å²) in [5.74, 6) is -0.432. The van der Waals surface area contributed by atoms with Crippen molar-refractivity contribution in [2.75, 3.05) is 6.61 Å². The van der Waals surface area contributed by atoms with Gasteiger partial charge in [-0.1, -0.05) is 33.1 Å². The fraction of sp³-hybridized carbons (Fsp3) is 0.833. The Hall–Kier alpha value is -1.06. The maximum absolute atomic E-state index is 10.5. The molecule has 0 aliphatic carbocycles. The van der Waals surface area contributed by atoms with Crippen LogP contribution in [-0.4, -0.2) is 23.7 Å². The summed E-state index contributed by atoms with van der Waals surface area (Å²) >= 11 is 0. The number of ether oxygens (including phenoxy) is 1. The molecule has 16 heavy (non-hydrogen) atoms. The van der Waals surface area contributed by atoms with Crippen LogP contribution in [0.4, 0.5) is 0 Å². The van der Waals surface area contributed by atoms with E-state index in [1.165, 1.54) is 26.2 Å². The highest BCUT2D eigenvalue weighted by Crippen LogP contribution is 2.12. The zero-order chi connectivity index (χ0) is 13.0. The van der Waals surface area contributed by atoms with Gasteiger partial charge in [-0.15, -0.1) is 0 Å². The average Bonchev–Trinajstić information content (AvgIpc) is 2.17. The summed E-state index contributed by atoms with van der Waals surface area (Å²) < 4.78 is 4.95. The molecule has 0 bridgehead atoms. The Bertz CT molecular complexity index is 185. The molecule has 0 aliphatic rings. The lowest BCUT2D eigenvalue weighted by Crippen LogP contribution is -2.11. The molecule has 0 saturated heterocycles. The number of esters is 1. The highest BCUT2D eigenvalue weighted by molar-refractivity contribution is 5.65. The second-order valence-corrected chi connectivity index (χ2v) is 3.74. The van der Waals surface area contributed by atoms with E-state index in [4.69, 9.17) is 14.6 Å². The quantitative estimate of drug-likeness (QED) is 0.715. The molecule has 0 aromatic carbocycles. The number of carbonyl (C=O) groups excluding carboxylic acids is 1. The number of unbranched alkanes of at least 4 members (excludes halogenated alkanes) is 1. The fourth-order valence-electron chi connectivity index (χ4n) is 1.13. The van der Waals surface area contributed by atoms with Crippen molar-refractivity contribution in [2.24, 2.45) is 5.92 Å². The molecule has 0 amide bonds. The summed E-state index contributed by atoms with van der Waals surface area (Å²) in [6.07, 6.45) is 4.74. The van der Waals surface area contributed by atoms with Crippen LogP contribution in [-0.2, 0) is 14.3 Å². The second kappa shape index (κ2) is 12.0. The van der Waals surface area contributed by atoms with E-state index in [9.17, 15) is 4.79 Å². The van der Waals surface area contributed by atoms with Gasteiger partial charge in [0.1, 0.15) is 0 Å². The van der Waals surface area contributed by atoms with Crippen LogP contribution in [0.1, 0.15) is 53.4 Å². The van der Waals surface area contributed by atoms with Gasteiger partial charge in [0.25, 0.3) is 5.97 Å². The molecule has 96 valence electrons. The van der Waals surface area contributed by atoms with Crippen molar-refractivity contribution in [1.29, 1.82) is 0 Å². The van der Waals surface area contributed by atoms with Crippen molar-refractivity contribution < 1.29 is 19.4 Å². The summed E-state index contributed by atoms with van der Waals surface area (Å²) in [4.78, 5) is 19.5. The number of hydrogen-bond acceptors (Lipinski definition) is 3. The van der Waals surface area contributed by atoms with Crippen LogP contribution in [0.15, 0.2) is 0 Å². The van der Waals surface area contributed by atoms with Crippen molar-refractivity contribution in [1.82, 2.24) is 0 Å². The molecule has 0 heterocycles. The maximum atomic E-state index is 10.5. The molecule has 0 aromatic heterocycles. The first-order valence-corrected chi connectivity index (χ1v) is 5.76. The highest BCUT2D eigenvalue weighted by Gasteiger charge is 2.06. The summed E-state index contributed by atoms with van der Waals surface area (Å²) in [5, 5.41) is 7.42. The van der Waals surface area contributed by atoms with Gasteiger partial charge in [0, 0.05) is 13.8 Å². The molecule has 1 unspecified atom stereocenters. The molecule has 0 aliphatic heterocycles. The first kappa shape index (κ1) is 17.3. The van der Waals surface area contributed by atoms with Gasteiger partial charge in [-0.25, -0.2) is 0 Å². The first-order chi connectivity index (χ1) is 7.43. The summed E-state index contributed by atoms with van der Waals surface area (Å²) in [7, 11) is 0. The van der Waals surface area contributed by atoms with Crippen LogP contribution in [0, 0.1) is 5.92 Å². The number of aliphatic carboxylic acids is 1. The Morgan fingerprint density at radius 1 is 1.25 bits per heavy atom. The highest BCUT2D eigenvalue weighted by atomic mass is 16.5. The Morgan fingerprint density at radius 3 is 2.06 bits per heavy atom. The molecule has 0 saturated carbocycles. The Kier molecular flexibility index (Phi) is 13.0. The molecule has 0 radical (unpaired) electrons. The number of carboxylic acids is 1. The van der Waals surface area contributed by atoms with E-state index in [0.29, 0.717) is 12.5 Å². The van der Waals surface area contributed by atoms with Gasteiger partial charge in [-0.05, 0) is 12.3 Å². The second-order valence-electron chi connectivity index (χ2n) is 3.74. The molecular formula is C12H24O4. The van der Waals surface area contributed by atoms with Crippen LogP contribution in [0.25, 0.3) is 0 Å². The maximum Gasteiger partial charge on any atom is 0.302 e. The van der Waals surface area contributed by atoms with Crippen LogP contribution in [0.2, 0.25) is 0 Å². The lowest BCUT2D eigenvalue weighted by atomic mass is 10.0. The summed E-state index contributed by atoms with van der Waals surface area (Å²) in [6.45, 7) is 7.47. The van der Waals surface area contributed by atoms with Gasteiger partial charge in [0.15, 0.2) is 0 Å². The zero-order valence-corrected chi connectivity index (χ0v) is 10.8. The lowest BCUT2D eigenvalue weighted by molar-refractivity contribution is -0.142. The standard InChI is InChI=1S/C10H20O2.C2H4O2/c1-4-6-7-10(5-2)8-12-9(3)11;1-2(3)4/h10H,4-8H2,1-3H3;1H3,(H,3,4). The van der Waals surface area contributed by atoms with Gasteiger partial charge in [0.2, 0.25) is 0 Å². The largest absolute Gasteiger partial charge is 0.481 e. The molecule has 4 nitrogen and oxygen atoms in total. The number of carbonyl (C=O) groups is 2. The SMILES string of the molecule is CC(=O)O.CCCCC(CC)COC(C)=O. The van der Waals surface area contributed by atoms with Crippen molar-refractivity contribution in [3.05, 3.63) is 0 Å². The normalized spacial score (nSPS) is 11.0. The van der Waals surface area contributed by atoms with E-state index in [2.05, 4.69) is 13.8 Å². The Labute approximate surface area is 98.0 Å². The smallest absolute Gasteiger partial charge is 0.302 e. The summed E-state index contributed by atoms with van der Waals surface area (Å²) in [5.41, 5.74) is 0. The third kappa shape index (κ3) is 18.7. The Balaban J connectivity index is 0. The first-order valence-electron chi connectivity index (χ1n) is 5.76. The molecule has 0 aromatic rings. The number of carboxylic acid groups (broad SMARTS) is 1. The lowest BCUT2D eigenvalue weighted by Gasteiger charge is -2.13. The van der Waals surface area contributed by atoms with E-state index in [0.717, 1.165) is 13.3 Å². The van der Waals surface area contributed by atoms with Crippen LogP contribution < -0.4 is 0 Å². The molecule has 0 spiro atoms. The van der Waals surface area contributed by atoms with Crippen LogP contribution in [0.5, 0.6) is 0 Å². The monoisotopic (exact) mass is 232 g/mol. The van der Waals surface area contributed by atoms with E-state index in [-0.39, 0.29) is 5.97 Å².